The molecule has 0 aliphatic rings. The van der Waals surface area contributed by atoms with Crippen molar-refractivity contribution in [2.24, 2.45) is 0 Å². The number of rotatable bonds is 8. The van der Waals surface area contributed by atoms with Gasteiger partial charge in [0.05, 0.1) is 17.9 Å². The molecule has 0 radical (unpaired) electrons. The van der Waals surface area contributed by atoms with Gasteiger partial charge in [-0.3, -0.25) is 4.79 Å². The highest BCUT2D eigenvalue weighted by Crippen LogP contribution is 2.22. The van der Waals surface area contributed by atoms with Gasteiger partial charge < -0.3 is 14.8 Å². The highest BCUT2D eigenvalue weighted by molar-refractivity contribution is 7.13. The fourth-order valence-electron chi connectivity index (χ4n) is 2.69. The largest absolute Gasteiger partial charge is 0.486 e. The molecule has 1 N–H and O–H groups in total. The van der Waals surface area contributed by atoms with E-state index in [1.807, 2.05) is 38.1 Å². The molecular formula is C23H24N2O4S. The van der Waals surface area contributed by atoms with E-state index in [4.69, 9.17) is 9.47 Å². The Balaban J connectivity index is 1.64. The number of nitrogens with one attached hydrogen (secondary N) is 1. The van der Waals surface area contributed by atoms with Gasteiger partial charge in [0.25, 0.3) is 5.91 Å². The molecule has 3 aromatic rings. The fourth-order valence-corrected chi connectivity index (χ4v) is 3.57. The third kappa shape index (κ3) is 5.67. The summed E-state index contributed by atoms with van der Waals surface area (Å²) in [4.78, 5) is 29.7. The van der Waals surface area contributed by atoms with E-state index in [9.17, 15) is 9.59 Å². The van der Waals surface area contributed by atoms with E-state index in [2.05, 4.69) is 10.3 Å². The monoisotopic (exact) mass is 424 g/mol. The summed E-state index contributed by atoms with van der Waals surface area (Å²) in [5, 5.41) is 3.54. The molecule has 6 nitrogen and oxygen atoms in total. The van der Waals surface area contributed by atoms with E-state index in [-0.39, 0.29) is 5.91 Å². The highest BCUT2D eigenvalue weighted by atomic mass is 32.1. The zero-order valence-electron chi connectivity index (χ0n) is 17.2. The van der Waals surface area contributed by atoms with E-state index < -0.39 is 5.97 Å². The molecule has 0 saturated heterocycles. The van der Waals surface area contributed by atoms with Crippen molar-refractivity contribution in [1.29, 1.82) is 0 Å². The molecule has 30 heavy (non-hydrogen) atoms. The molecule has 0 unspecified atom stereocenters. The van der Waals surface area contributed by atoms with Gasteiger partial charge in [-0.05, 0) is 50.6 Å². The molecule has 1 heterocycles. The maximum Gasteiger partial charge on any atom is 0.338 e. The first kappa shape index (κ1) is 21.5. The van der Waals surface area contributed by atoms with Crippen LogP contribution in [0.1, 0.15) is 49.6 Å². The van der Waals surface area contributed by atoms with E-state index in [0.29, 0.717) is 35.0 Å². The van der Waals surface area contributed by atoms with Crippen LogP contribution in [0.5, 0.6) is 5.75 Å². The molecule has 0 aliphatic heterocycles. The predicted molar refractivity (Wildman–Crippen MR) is 117 cm³/mol. The van der Waals surface area contributed by atoms with Crippen LogP contribution in [0.15, 0.2) is 48.5 Å². The number of thiazole rings is 1. The number of carbonyl (C=O) groups is 2. The second-order valence-corrected chi connectivity index (χ2v) is 7.88. The molecule has 0 aliphatic carbocycles. The minimum Gasteiger partial charge on any atom is -0.486 e. The zero-order chi connectivity index (χ0) is 21.5. The lowest BCUT2D eigenvalue weighted by molar-refractivity contribution is 0.0505. The Kier molecular flexibility index (Phi) is 7.19. The number of esters is 1. The van der Waals surface area contributed by atoms with Gasteiger partial charge in [-0.1, -0.05) is 30.7 Å². The molecule has 0 bridgehead atoms. The van der Waals surface area contributed by atoms with E-state index in [1.165, 1.54) is 11.3 Å². The van der Waals surface area contributed by atoms with Crippen LogP contribution in [0.3, 0.4) is 0 Å². The quantitative estimate of drug-likeness (QED) is 0.506. The number of anilines is 1. The maximum atomic E-state index is 12.7. The van der Waals surface area contributed by atoms with Gasteiger partial charge in [-0.2, -0.15) is 0 Å². The highest BCUT2D eigenvalue weighted by Gasteiger charge is 2.17. The fraction of sp³-hybridized carbons (Fsp3) is 0.261. The molecule has 3 rings (SSSR count). The predicted octanol–water partition coefficient (Wildman–Crippen LogP) is 5.16. The zero-order valence-corrected chi connectivity index (χ0v) is 18.0. The number of hydrogen-bond donors (Lipinski definition) is 1. The Morgan fingerprint density at radius 1 is 1.10 bits per heavy atom. The summed E-state index contributed by atoms with van der Waals surface area (Å²) in [7, 11) is 0. The van der Waals surface area contributed by atoms with Crippen LogP contribution in [-0.4, -0.2) is 23.5 Å². The van der Waals surface area contributed by atoms with Gasteiger partial charge in [0.1, 0.15) is 22.2 Å². The lowest BCUT2D eigenvalue weighted by Gasteiger charge is -2.07. The molecule has 0 spiro atoms. The minimum absolute atomic E-state index is 0.273. The number of benzene rings is 2. The summed E-state index contributed by atoms with van der Waals surface area (Å²) in [6, 6.07) is 14.5. The second-order valence-electron chi connectivity index (χ2n) is 6.79. The van der Waals surface area contributed by atoms with Crippen LogP contribution in [0, 0.1) is 13.8 Å². The number of carbonyl (C=O) groups excluding carboxylic acids is 2. The van der Waals surface area contributed by atoms with Crippen molar-refractivity contribution < 1.29 is 19.1 Å². The van der Waals surface area contributed by atoms with Crippen molar-refractivity contribution in [1.82, 2.24) is 4.98 Å². The van der Waals surface area contributed by atoms with Crippen LogP contribution >= 0.6 is 11.3 Å². The van der Waals surface area contributed by atoms with Gasteiger partial charge in [-0.25, -0.2) is 9.78 Å². The summed E-state index contributed by atoms with van der Waals surface area (Å²) in [6.45, 7) is 6.40. The molecule has 1 amide bonds. The minimum atomic E-state index is -0.405. The first-order chi connectivity index (χ1) is 14.5. The number of nitrogens with zero attached hydrogens (tertiary/aromatic N) is 1. The second kappa shape index (κ2) is 10.0. The number of ether oxygens (including phenoxy) is 2. The van der Waals surface area contributed by atoms with Crippen molar-refractivity contribution in [3.8, 4) is 5.75 Å². The number of aromatic nitrogens is 1. The van der Waals surface area contributed by atoms with Crippen molar-refractivity contribution in [2.75, 3.05) is 11.9 Å². The molecule has 7 heteroatoms. The third-order valence-electron chi connectivity index (χ3n) is 4.22. The van der Waals surface area contributed by atoms with E-state index in [0.717, 1.165) is 22.7 Å². The standard InChI is InChI=1S/C23H24N2O4S/c1-4-12-28-23(27)17-6-5-7-18(13-17)25-22(26)21-16(3)24-20(30-21)14-29-19-10-8-15(2)9-11-19/h5-11,13H,4,12,14H2,1-3H3,(H,25,26). The Bertz CT molecular complexity index is 1030. The molecule has 2 aromatic carbocycles. The topological polar surface area (TPSA) is 77.5 Å². The number of hydrogen-bond acceptors (Lipinski definition) is 6. The van der Waals surface area contributed by atoms with Gasteiger partial charge in [-0.15, -0.1) is 11.3 Å². The molecule has 0 atom stereocenters. The van der Waals surface area contributed by atoms with Crippen molar-refractivity contribution in [2.45, 2.75) is 33.8 Å². The first-order valence-corrected chi connectivity index (χ1v) is 10.5. The van der Waals surface area contributed by atoms with Gasteiger partial charge in [0.15, 0.2) is 0 Å². The van der Waals surface area contributed by atoms with Gasteiger partial charge in [0, 0.05) is 5.69 Å². The average Bonchev–Trinajstić information content (AvgIpc) is 3.12. The number of amides is 1. The average molecular weight is 425 g/mol. The van der Waals surface area contributed by atoms with Crippen LogP contribution in [-0.2, 0) is 11.3 Å². The Labute approximate surface area is 179 Å². The Morgan fingerprint density at radius 3 is 2.60 bits per heavy atom. The molecular weight excluding hydrogens is 400 g/mol. The lowest BCUT2D eigenvalue weighted by Crippen LogP contribution is -2.12. The van der Waals surface area contributed by atoms with Crippen molar-refractivity contribution in [3.05, 3.63) is 75.2 Å². The summed E-state index contributed by atoms with van der Waals surface area (Å²) >= 11 is 1.29. The number of aryl methyl sites for hydroxylation is 2. The summed E-state index contributed by atoms with van der Waals surface area (Å²) < 4.78 is 10.9. The van der Waals surface area contributed by atoms with Crippen LogP contribution in [0.4, 0.5) is 5.69 Å². The summed E-state index contributed by atoms with van der Waals surface area (Å²) in [5.74, 6) is 0.0781. The van der Waals surface area contributed by atoms with Crippen molar-refractivity contribution in [3.63, 3.8) is 0 Å². The van der Waals surface area contributed by atoms with Gasteiger partial charge in [0.2, 0.25) is 0 Å². The smallest absolute Gasteiger partial charge is 0.338 e. The Morgan fingerprint density at radius 2 is 1.87 bits per heavy atom. The maximum absolute atomic E-state index is 12.7. The van der Waals surface area contributed by atoms with E-state index >= 15 is 0 Å². The molecule has 1 aromatic heterocycles. The van der Waals surface area contributed by atoms with Gasteiger partial charge >= 0.3 is 5.97 Å². The van der Waals surface area contributed by atoms with Crippen LogP contribution in [0.25, 0.3) is 0 Å². The SMILES string of the molecule is CCCOC(=O)c1cccc(NC(=O)c2sc(COc3ccc(C)cc3)nc2C)c1. The van der Waals surface area contributed by atoms with Crippen LogP contribution < -0.4 is 10.1 Å². The summed E-state index contributed by atoms with van der Waals surface area (Å²) in [5.41, 5.74) is 2.72. The van der Waals surface area contributed by atoms with Crippen molar-refractivity contribution >= 4 is 28.9 Å². The van der Waals surface area contributed by atoms with Crippen LogP contribution in [0.2, 0.25) is 0 Å². The Hall–Kier alpha value is -3.19. The third-order valence-corrected chi connectivity index (χ3v) is 5.35. The lowest BCUT2D eigenvalue weighted by atomic mass is 10.2. The van der Waals surface area contributed by atoms with E-state index in [1.54, 1.807) is 31.2 Å². The summed E-state index contributed by atoms with van der Waals surface area (Å²) in [6.07, 6.45) is 0.753. The normalized spacial score (nSPS) is 10.5. The molecule has 0 saturated carbocycles. The first-order valence-electron chi connectivity index (χ1n) is 9.70. The molecule has 0 fully saturated rings. The molecule has 156 valence electrons.